The highest BCUT2D eigenvalue weighted by Crippen LogP contribution is 2.15. The summed E-state index contributed by atoms with van der Waals surface area (Å²) in [7, 11) is 0. The number of rotatable bonds is 3. The van der Waals surface area contributed by atoms with Gasteiger partial charge in [0.2, 0.25) is 0 Å². The van der Waals surface area contributed by atoms with Gasteiger partial charge in [0.05, 0.1) is 0 Å². The molecule has 2 heterocycles. The van der Waals surface area contributed by atoms with Gasteiger partial charge in [-0.25, -0.2) is 4.79 Å². The van der Waals surface area contributed by atoms with E-state index < -0.39 is 0 Å². The maximum Gasteiger partial charge on any atom is 0.317 e. The fraction of sp³-hybridized carbons (Fsp3) is 0.294. The van der Waals surface area contributed by atoms with Crippen molar-refractivity contribution in [3.05, 3.63) is 60.4 Å². The predicted octanol–water partition coefficient (Wildman–Crippen LogP) is 2.11. The zero-order valence-corrected chi connectivity index (χ0v) is 12.5. The molecule has 1 N–H and O–H groups in total. The van der Waals surface area contributed by atoms with Gasteiger partial charge in [0, 0.05) is 50.8 Å². The zero-order chi connectivity index (χ0) is 15.2. The van der Waals surface area contributed by atoms with Gasteiger partial charge < -0.3 is 15.1 Å². The van der Waals surface area contributed by atoms with E-state index in [0.717, 1.165) is 31.7 Å². The van der Waals surface area contributed by atoms with Crippen LogP contribution in [-0.4, -0.2) is 42.1 Å². The van der Waals surface area contributed by atoms with E-state index in [-0.39, 0.29) is 6.03 Å². The lowest BCUT2D eigenvalue weighted by atomic mass is 10.2. The lowest BCUT2D eigenvalue weighted by molar-refractivity contribution is 0.194. The number of aromatic nitrogens is 1. The van der Waals surface area contributed by atoms with Crippen molar-refractivity contribution >= 4 is 11.7 Å². The number of urea groups is 1. The second-order valence-corrected chi connectivity index (χ2v) is 5.33. The third kappa shape index (κ3) is 3.55. The van der Waals surface area contributed by atoms with Gasteiger partial charge in [0.15, 0.2) is 0 Å². The zero-order valence-electron chi connectivity index (χ0n) is 12.5. The Morgan fingerprint density at radius 3 is 2.50 bits per heavy atom. The van der Waals surface area contributed by atoms with E-state index in [4.69, 9.17) is 0 Å². The normalized spacial score (nSPS) is 14.7. The number of pyridine rings is 1. The van der Waals surface area contributed by atoms with E-state index in [0.29, 0.717) is 6.54 Å². The molecule has 0 unspecified atom stereocenters. The van der Waals surface area contributed by atoms with Crippen molar-refractivity contribution in [3.63, 3.8) is 0 Å². The van der Waals surface area contributed by atoms with Crippen LogP contribution in [0.1, 0.15) is 5.56 Å². The summed E-state index contributed by atoms with van der Waals surface area (Å²) >= 11 is 0. The van der Waals surface area contributed by atoms with Crippen LogP contribution in [0.3, 0.4) is 0 Å². The van der Waals surface area contributed by atoms with Crippen LogP contribution in [0, 0.1) is 0 Å². The van der Waals surface area contributed by atoms with Gasteiger partial charge in [0.25, 0.3) is 0 Å². The number of anilines is 1. The highest BCUT2D eigenvalue weighted by atomic mass is 16.2. The number of carbonyl (C=O) groups excluding carboxylic acids is 1. The minimum atomic E-state index is -0.00318. The molecule has 1 aromatic heterocycles. The van der Waals surface area contributed by atoms with Gasteiger partial charge in [-0.05, 0) is 23.8 Å². The number of hydrogen-bond donors (Lipinski definition) is 1. The fourth-order valence-corrected chi connectivity index (χ4v) is 2.60. The molecule has 1 saturated heterocycles. The third-order valence-corrected chi connectivity index (χ3v) is 3.85. The predicted molar refractivity (Wildman–Crippen MR) is 86.7 cm³/mol. The molecule has 5 nitrogen and oxygen atoms in total. The first kappa shape index (κ1) is 14.4. The molecule has 1 aromatic carbocycles. The molecule has 0 bridgehead atoms. The second-order valence-electron chi connectivity index (χ2n) is 5.33. The molecule has 3 rings (SSSR count). The number of nitrogens with zero attached hydrogens (tertiary/aromatic N) is 3. The van der Waals surface area contributed by atoms with Crippen LogP contribution in [0.25, 0.3) is 0 Å². The first-order chi connectivity index (χ1) is 10.8. The van der Waals surface area contributed by atoms with Gasteiger partial charge >= 0.3 is 6.03 Å². The van der Waals surface area contributed by atoms with Crippen molar-refractivity contribution < 1.29 is 4.79 Å². The summed E-state index contributed by atoms with van der Waals surface area (Å²) in [5.74, 6) is 0. The second kappa shape index (κ2) is 6.93. The summed E-state index contributed by atoms with van der Waals surface area (Å²) in [4.78, 5) is 20.4. The molecule has 1 aliphatic rings. The van der Waals surface area contributed by atoms with Crippen molar-refractivity contribution in [2.45, 2.75) is 6.54 Å². The molecule has 0 aliphatic carbocycles. The Bertz CT molecular complexity index is 595. The van der Waals surface area contributed by atoms with Crippen LogP contribution < -0.4 is 10.2 Å². The molecule has 0 radical (unpaired) electrons. The number of nitrogens with one attached hydrogen (secondary N) is 1. The smallest absolute Gasteiger partial charge is 0.317 e. The molecule has 0 saturated carbocycles. The Morgan fingerprint density at radius 2 is 1.82 bits per heavy atom. The monoisotopic (exact) mass is 296 g/mol. The van der Waals surface area contributed by atoms with Crippen molar-refractivity contribution in [1.29, 1.82) is 0 Å². The maximum absolute atomic E-state index is 12.2. The SMILES string of the molecule is O=C(NCc1cccnc1)N1CCN(c2ccccc2)CC1. The van der Waals surface area contributed by atoms with E-state index in [2.05, 4.69) is 27.3 Å². The number of amides is 2. The summed E-state index contributed by atoms with van der Waals surface area (Å²) in [6.07, 6.45) is 3.50. The Balaban J connectivity index is 1.48. The minimum Gasteiger partial charge on any atom is -0.368 e. The summed E-state index contributed by atoms with van der Waals surface area (Å²) < 4.78 is 0. The topological polar surface area (TPSA) is 48.5 Å². The third-order valence-electron chi connectivity index (χ3n) is 3.85. The molecule has 1 fully saturated rings. The van der Waals surface area contributed by atoms with Crippen molar-refractivity contribution in [2.24, 2.45) is 0 Å². The van der Waals surface area contributed by atoms with E-state index in [9.17, 15) is 4.79 Å². The Morgan fingerprint density at radius 1 is 1.05 bits per heavy atom. The molecular weight excluding hydrogens is 276 g/mol. The number of carbonyl (C=O) groups is 1. The molecular formula is C17H20N4O. The van der Waals surface area contributed by atoms with Crippen LogP contribution in [0.2, 0.25) is 0 Å². The summed E-state index contributed by atoms with van der Waals surface area (Å²) in [6.45, 7) is 3.74. The first-order valence-corrected chi connectivity index (χ1v) is 7.54. The van der Waals surface area contributed by atoms with Crippen LogP contribution in [0.15, 0.2) is 54.9 Å². The lowest BCUT2D eigenvalue weighted by Gasteiger charge is -2.36. The van der Waals surface area contributed by atoms with Crippen molar-refractivity contribution in [1.82, 2.24) is 15.2 Å². The van der Waals surface area contributed by atoms with Gasteiger partial charge in [-0.2, -0.15) is 0 Å². The Labute approximate surface area is 130 Å². The average Bonchev–Trinajstić information content (AvgIpc) is 2.61. The highest BCUT2D eigenvalue weighted by molar-refractivity contribution is 5.74. The average molecular weight is 296 g/mol. The van der Waals surface area contributed by atoms with Crippen LogP contribution in [0.5, 0.6) is 0 Å². The summed E-state index contributed by atoms with van der Waals surface area (Å²) in [5, 5.41) is 2.95. The van der Waals surface area contributed by atoms with Crippen LogP contribution in [0.4, 0.5) is 10.5 Å². The van der Waals surface area contributed by atoms with Gasteiger partial charge in [-0.3, -0.25) is 4.98 Å². The van der Waals surface area contributed by atoms with E-state index in [1.54, 1.807) is 12.4 Å². The molecule has 22 heavy (non-hydrogen) atoms. The quantitative estimate of drug-likeness (QED) is 0.944. The Kier molecular flexibility index (Phi) is 4.53. The standard InChI is InChI=1S/C17H20N4O/c22-17(19-14-15-5-4-8-18-13-15)21-11-9-20(10-12-21)16-6-2-1-3-7-16/h1-8,13H,9-12,14H2,(H,19,22). The highest BCUT2D eigenvalue weighted by Gasteiger charge is 2.20. The first-order valence-electron chi connectivity index (χ1n) is 7.54. The molecule has 5 heteroatoms. The minimum absolute atomic E-state index is 0.00318. The van der Waals surface area contributed by atoms with Gasteiger partial charge in [0.1, 0.15) is 0 Å². The number of piperazine rings is 1. The van der Waals surface area contributed by atoms with E-state index in [1.807, 2.05) is 35.2 Å². The molecule has 0 atom stereocenters. The number of para-hydroxylation sites is 1. The largest absolute Gasteiger partial charge is 0.368 e. The van der Waals surface area contributed by atoms with E-state index in [1.165, 1.54) is 5.69 Å². The van der Waals surface area contributed by atoms with Gasteiger partial charge in [-0.15, -0.1) is 0 Å². The van der Waals surface area contributed by atoms with Gasteiger partial charge in [-0.1, -0.05) is 24.3 Å². The molecule has 2 amide bonds. The van der Waals surface area contributed by atoms with E-state index >= 15 is 0 Å². The Hall–Kier alpha value is -2.56. The molecule has 114 valence electrons. The molecule has 2 aromatic rings. The van der Waals surface area contributed by atoms with Crippen molar-refractivity contribution in [2.75, 3.05) is 31.1 Å². The van der Waals surface area contributed by atoms with Crippen LogP contribution >= 0.6 is 0 Å². The summed E-state index contributed by atoms with van der Waals surface area (Å²) in [6, 6.07) is 14.2. The molecule has 0 spiro atoms. The van der Waals surface area contributed by atoms with Crippen LogP contribution in [-0.2, 0) is 6.54 Å². The number of hydrogen-bond acceptors (Lipinski definition) is 3. The number of benzene rings is 1. The lowest BCUT2D eigenvalue weighted by Crippen LogP contribution is -2.51. The summed E-state index contributed by atoms with van der Waals surface area (Å²) in [5.41, 5.74) is 2.23. The molecule has 1 aliphatic heterocycles. The van der Waals surface area contributed by atoms with Crippen molar-refractivity contribution in [3.8, 4) is 0 Å². The fourth-order valence-electron chi connectivity index (χ4n) is 2.60. The maximum atomic E-state index is 12.2.